The summed E-state index contributed by atoms with van der Waals surface area (Å²) in [4.78, 5) is 14.3. The number of hydrogen-bond donors (Lipinski definition) is 1. The van der Waals surface area contributed by atoms with E-state index in [2.05, 4.69) is 0 Å². The number of nitrogens with two attached hydrogens (primary N) is 1. The zero-order valence-corrected chi connectivity index (χ0v) is 12.9. The number of carbonyl (C=O) groups excluding carboxylic acids is 1. The molecule has 3 nitrogen and oxygen atoms in total. The van der Waals surface area contributed by atoms with Gasteiger partial charge in [0.15, 0.2) is 0 Å². The van der Waals surface area contributed by atoms with Gasteiger partial charge in [-0.15, -0.1) is 11.3 Å². The lowest BCUT2D eigenvalue weighted by molar-refractivity contribution is 0.104. The third kappa shape index (κ3) is 2.87. The molecule has 0 spiro atoms. The van der Waals surface area contributed by atoms with E-state index in [-0.39, 0.29) is 5.78 Å². The normalized spacial score (nSPS) is 10.4. The highest BCUT2D eigenvalue weighted by Crippen LogP contribution is 2.30. The molecule has 0 fully saturated rings. The van der Waals surface area contributed by atoms with E-state index < -0.39 is 0 Å². The van der Waals surface area contributed by atoms with Gasteiger partial charge in [-0.1, -0.05) is 24.3 Å². The van der Waals surface area contributed by atoms with Crippen LogP contribution in [-0.2, 0) is 0 Å². The molecule has 0 aliphatic carbocycles. The van der Waals surface area contributed by atoms with Gasteiger partial charge in [-0.05, 0) is 42.0 Å². The van der Waals surface area contributed by atoms with Gasteiger partial charge in [0.25, 0.3) is 0 Å². The Morgan fingerprint density at radius 2 is 1.86 bits per heavy atom. The fourth-order valence-electron chi connectivity index (χ4n) is 2.21. The molecule has 0 bridgehead atoms. The Labute approximate surface area is 133 Å². The van der Waals surface area contributed by atoms with Crippen LogP contribution in [0.2, 0.25) is 0 Å². The lowest BCUT2D eigenvalue weighted by atomic mass is 10.1. The van der Waals surface area contributed by atoms with E-state index in [0.717, 1.165) is 10.4 Å². The van der Waals surface area contributed by atoms with Gasteiger partial charge in [0, 0.05) is 16.1 Å². The average molecular weight is 309 g/mol. The zero-order chi connectivity index (χ0) is 15.5. The van der Waals surface area contributed by atoms with E-state index in [1.165, 1.54) is 11.3 Å². The first-order valence-electron chi connectivity index (χ1n) is 6.82. The average Bonchev–Trinajstić information content (AvgIpc) is 3.04. The first-order valence-corrected chi connectivity index (χ1v) is 7.63. The first kappa shape index (κ1) is 14.4. The number of ketones is 1. The van der Waals surface area contributed by atoms with Gasteiger partial charge in [-0.3, -0.25) is 4.79 Å². The van der Waals surface area contributed by atoms with Crippen molar-refractivity contribution in [1.29, 1.82) is 0 Å². The van der Waals surface area contributed by atoms with Gasteiger partial charge in [0.2, 0.25) is 5.78 Å². The number of thiophene rings is 1. The third-order valence-corrected chi connectivity index (χ3v) is 4.47. The number of methoxy groups -OCH3 is 1. The highest BCUT2D eigenvalue weighted by Gasteiger charge is 2.13. The largest absolute Gasteiger partial charge is 0.497 e. The predicted octanol–water partition coefficient (Wildman–Crippen LogP) is 4.24. The minimum atomic E-state index is -0.000877. The van der Waals surface area contributed by atoms with Crippen molar-refractivity contribution in [2.24, 2.45) is 0 Å². The van der Waals surface area contributed by atoms with E-state index in [9.17, 15) is 4.79 Å². The molecule has 0 amide bonds. The molecule has 2 N–H and O–H groups in total. The Balaban J connectivity index is 1.91. The van der Waals surface area contributed by atoms with Crippen molar-refractivity contribution >= 4 is 22.8 Å². The van der Waals surface area contributed by atoms with Gasteiger partial charge in [0.1, 0.15) is 5.75 Å². The van der Waals surface area contributed by atoms with Crippen LogP contribution in [0.5, 0.6) is 5.75 Å². The number of rotatable bonds is 4. The van der Waals surface area contributed by atoms with Crippen molar-refractivity contribution in [2.75, 3.05) is 12.8 Å². The van der Waals surface area contributed by atoms with Crippen LogP contribution in [0.15, 0.2) is 60.7 Å². The first-order chi connectivity index (χ1) is 10.7. The standard InChI is InChI=1S/C18H15NO2S/c1-21-15-7-3-5-13(11-15)18(20)17-9-8-16(22-17)12-4-2-6-14(19)10-12/h2-11H,19H2,1H3. The summed E-state index contributed by atoms with van der Waals surface area (Å²) in [5, 5.41) is 0. The highest BCUT2D eigenvalue weighted by atomic mass is 32.1. The van der Waals surface area contributed by atoms with Crippen molar-refractivity contribution in [3.8, 4) is 16.2 Å². The van der Waals surface area contributed by atoms with Crippen molar-refractivity contribution < 1.29 is 9.53 Å². The topological polar surface area (TPSA) is 52.3 Å². The van der Waals surface area contributed by atoms with Gasteiger partial charge >= 0.3 is 0 Å². The quantitative estimate of drug-likeness (QED) is 0.579. The minimum absolute atomic E-state index is 0.000877. The smallest absolute Gasteiger partial charge is 0.203 e. The van der Waals surface area contributed by atoms with Crippen LogP contribution in [0.25, 0.3) is 10.4 Å². The molecular weight excluding hydrogens is 294 g/mol. The molecular formula is C18H15NO2S. The molecule has 0 atom stereocenters. The summed E-state index contributed by atoms with van der Waals surface area (Å²) in [6, 6.07) is 18.6. The van der Waals surface area contributed by atoms with Crippen LogP contribution in [0, 0.1) is 0 Å². The number of benzene rings is 2. The van der Waals surface area contributed by atoms with Crippen molar-refractivity contribution in [2.45, 2.75) is 0 Å². The maximum absolute atomic E-state index is 12.6. The van der Waals surface area contributed by atoms with E-state index in [1.54, 1.807) is 19.2 Å². The molecule has 1 aromatic heterocycles. The second-order valence-electron chi connectivity index (χ2n) is 4.85. The zero-order valence-electron chi connectivity index (χ0n) is 12.1. The van der Waals surface area contributed by atoms with Crippen molar-refractivity contribution in [3.63, 3.8) is 0 Å². The van der Waals surface area contributed by atoms with Crippen molar-refractivity contribution in [3.05, 3.63) is 71.1 Å². The van der Waals surface area contributed by atoms with Crippen molar-refractivity contribution in [1.82, 2.24) is 0 Å². The van der Waals surface area contributed by atoms with E-state index in [1.807, 2.05) is 48.5 Å². The monoisotopic (exact) mass is 309 g/mol. The third-order valence-electron chi connectivity index (χ3n) is 3.33. The summed E-state index contributed by atoms with van der Waals surface area (Å²) < 4.78 is 5.17. The Morgan fingerprint density at radius 3 is 2.64 bits per heavy atom. The van der Waals surface area contributed by atoms with Gasteiger partial charge in [0.05, 0.1) is 12.0 Å². The fourth-order valence-corrected chi connectivity index (χ4v) is 3.18. The number of anilines is 1. The summed E-state index contributed by atoms with van der Waals surface area (Å²) in [7, 11) is 1.59. The Bertz CT molecular complexity index is 823. The van der Waals surface area contributed by atoms with Crippen LogP contribution in [0.4, 0.5) is 5.69 Å². The lowest BCUT2D eigenvalue weighted by Gasteiger charge is -2.02. The SMILES string of the molecule is COc1cccc(C(=O)c2ccc(-c3cccc(N)c3)s2)c1. The van der Waals surface area contributed by atoms with E-state index >= 15 is 0 Å². The molecule has 0 aliphatic heterocycles. The summed E-state index contributed by atoms with van der Waals surface area (Å²) in [5.41, 5.74) is 8.17. The highest BCUT2D eigenvalue weighted by molar-refractivity contribution is 7.17. The second kappa shape index (κ2) is 6.03. The number of carbonyl (C=O) groups is 1. The number of ether oxygens (including phenoxy) is 1. The number of hydrogen-bond acceptors (Lipinski definition) is 4. The van der Waals surface area contributed by atoms with E-state index in [4.69, 9.17) is 10.5 Å². The van der Waals surface area contributed by atoms with Crippen LogP contribution in [0.3, 0.4) is 0 Å². The van der Waals surface area contributed by atoms with E-state index in [0.29, 0.717) is 21.9 Å². The molecule has 0 aliphatic rings. The molecule has 1 heterocycles. The molecule has 0 radical (unpaired) electrons. The van der Waals surface area contributed by atoms with Gasteiger partial charge < -0.3 is 10.5 Å². The summed E-state index contributed by atoms with van der Waals surface area (Å²) in [6.07, 6.45) is 0. The lowest BCUT2D eigenvalue weighted by Crippen LogP contribution is -1.98. The van der Waals surface area contributed by atoms with Crippen LogP contribution < -0.4 is 10.5 Å². The van der Waals surface area contributed by atoms with Crippen LogP contribution in [0.1, 0.15) is 15.2 Å². The minimum Gasteiger partial charge on any atom is -0.497 e. The Hall–Kier alpha value is -2.59. The molecule has 0 saturated carbocycles. The molecule has 110 valence electrons. The molecule has 3 rings (SSSR count). The van der Waals surface area contributed by atoms with Gasteiger partial charge in [-0.25, -0.2) is 0 Å². The van der Waals surface area contributed by atoms with Crippen LogP contribution >= 0.6 is 11.3 Å². The fraction of sp³-hybridized carbons (Fsp3) is 0.0556. The maximum Gasteiger partial charge on any atom is 0.203 e. The number of nitrogen functional groups attached to an aromatic ring is 1. The summed E-state index contributed by atoms with van der Waals surface area (Å²) in [6.45, 7) is 0. The summed E-state index contributed by atoms with van der Waals surface area (Å²) >= 11 is 1.47. The molecule has 0 unspecified atom stereocenters. The molecule has 22 heavy (non-hydrogen) atoms. The molecule has 3 aromatic rings. The Morgan fingerprint density at radius 1 is 1.05 bits per heavy atom. The molecule has 0 saturated heterocycles. The Kier molecular flexibility index (Phi) is 3.94. The predicted molar refractivity (Wildman–Crippen MR) is 90.6 cm³/mol. The maximum atomic E-state index is 12.6. The van der Waals surface area contributed by atoms with Crippen LogP contribution in [-0.4, -0.2) is 12.9 Å². The molecule has 4 heteroatoms. The molecule has 2 aromatic carbocycles. The van der Waals surface area contributed by atoms with Gasteiger partial charge in [-0.2, -0.15) is 0 Å². The summed E-state index contributed by atoms with van der Waals surface area (Å²) in [5.74, 6) is 0.678. The second-order valence-corrected chi connectivity index (χ2v) is 5.93.